The lowest BCUT2D eigenvalue weighted by Crippen LogP contribution is -2.31. The lowest BCUT2D eigenvalue weighted by Gasteiger charge is -2.33. The number of ether oxygens (including phenoxy) is 2. The minimum absolute atomic E-state index is 0.220. The quantitative estimate of drug-likeness (QED) is 0.0909. The van der Waals surface area contributed by atoms with Crippen LogP contribution < -0.4 is 9.44 Å². The zero-order chi connectivity index (χ0) is 37.0. The fourth-order valence-corrected chi connectivity index (χ4v) is 9.19. The minimum Gasteiger partial charge on any atom is -0.378 e. The van der Waals surface area contributed by atoms with Crippen molar-refractivity contribution in [2.45, 2.75) is 48.6 Å². The van der Waals surface area contributed by atoms with Gasteiger partial charge in [-0.3, -0.25) is 9.44 Å². The van der Waals surface area contributed by atoms with Crippen molar-refractivity contribution >= 4 is 70.3 Å². The Bertz CT molecular complexity index is 1640. The number of hydrogen-bond donors (Lipinski definition) is 2. The van der Waals surface area contributed by atoms with E-state index in [1.165, 1.54) is 22.3 Å². The first-order valence-corrected chi connectivity index (χ1v) is 20.9. The fourth-order valence-electron chi connectivity index (χ4n) is 6.67. The summed E-state index contributed by atoms with van der Waals surface area (Å²) in [5.74, 6) is 0.439. The second-order valence-corrected chi connectivity index (χ2v) is 16.4. The van der Waals surface area contributed by atoms with Gasteiger partial charge in [0.2, 0.25) is 0 Å². The number of rotatable bonds is 15. The summed E-state index contributed by atoms with van der Waals surface area (Å²) in [5.41, 5.74) is 7.28. The lowest BCUT2D eigenvalue weighted by atomic mass is 9.85. The Morgan fingerprint density at radius 1 is 0.615 bits per heavy atom. The maximum absolute atomic E-state index is 6.57. The summed E-state index contributed by atoms with van der Waals surface area (Å²) in [7, 11) is 4.27. The summed E-state index contributed by atoms with van der Waals surface area (Å²) < 4.78 is 18.4. The van der Waals surface area contributed by atoms with Gasteiger partial charge in [-0.25, -0.2) is 0 Å². The Balaban J connectivity index is 0.00000257. The van der Waals surface area contributed by atoms with E-state index in [9.17, 15) is 0 Å². The van der Waals surface area contributed by atoms with Gasteiger partial charge in [-0.1, -0.05) is 84.5 Å². The van der Waals surface area contributed by atoms with E-state index in [1.807, 2.05) is 26.0 Å². The van der Waals surface area contributed by atoms with E-state index >= 15 is 0 Å². The van der Waals surface area contributed by atoms with Gasteiger partial charge in [0.05, 0.1) is 26.4 Å². The standard InChI is InChI=1S/C38H42Cl4N4O2S2.C2H6/c1-45-21-33(31-17-27(39)19-37(41)35(31)23-45)25-5-3-7-29(15-25)49-43-9-11-47-13-14-48-12-10-44-50-30-8-4-6-26(16-30)34-22-46(2)24-36-32(34)18-28(40)20-38(36)42;1-2/h3-8,15-20,33-34,43-44H,9-14,21-24H2,1-2H3;1-2H3. The first-order chi connectivity index (χ1) is 25.2. The van der Waals surface area contributed by atoms with Crippen LogP contribution in [0.4, 0.5) is 0 Å². The van der Waals surface area contributed by atoms with Crippen LogP contribution in [0.1, 0.15) is 59.1 Å². The molecule has 2 unspecified atom stereocenters. The van der Waals surface area contributed by atoms with Crippen molar-refractivity contribution in [3.63, 3.8) is 0 Å². The molecule has 0 spiro atoms. The van der Waals surface area contributed by atoms with Gasteiger partial charge in [0, 0.05) is 81.0 Å². The lowest BCUT2D eigenvalue weighted by molar-refractivity contribution is 0.0525. The van der Waals surface area contributed by atoms with Gasteiger partial charge in [-0.05, 0) is 120 Å². The molecule has 0 saturated carbocycles. The highest BCUT2D eigenvalue weighted by atomic mass is 35.5. The number of hydrogen-bond acceptors (Lipinski definition) is 8. The Kier molecular flexibility index (Phi) is 16.8. The van der Waals surface area contributed by atoms with Crippen LogP contribution in [0.25, 0.3) is 0 Å². The molecule has 0 saturated heterocycles. The highest BCUT2D eigenvalue weighted by Crippen LogP contribution is 2.40. The third-order valence-corrected chi connectivity index (χ3v) is 11.7. The molecule has 6 nitrogen and oxygen atoms in total. The van der Waals surface area contributed by atoms with Crippen LogP contribution in [0.3, 0.4) is 0 Å². The SMILES string of the molecule is CC.CN1Cc2c(Cl)cc(Cl)cc2C(c2cccc(SNCCOCCOCCNSc3cccc(C4CN(C)Cc5c(Cl)cc(Cl)cc54)c3)c2)C1. The van der Waals surface area contributed by atoms with Crippen LogP contribution >= 0.6 is 70.3 Å². The van der Waals surface area contributed by atoms with E-state index in [-0.39, 0.29) is 11.8 Å². The van der Waals surface area contributed by atoms with Crippen LogP contribution in [0.15, 0.2) is 82.6 Å². The predicted octanol–water partition coefficient (Wildman–Crippen LogP) is 10.4. The molecule has 280 valence electrons. The van der Waals surface area contributed by atoms with Crippen LogP contribution in [-0.2, 0) is 22.6 Å². The van der Waals surface area contributed by atoms with Crippen LogP contribution in [-0.4, -0.2) is 76.5 Å². The van der Waals surface area contributed by atoms with E-state index in [2.05, 4.69) is 94.0 Å². The molecule has 0 aromatic heterocycles. The molecule has 6 rings (SSSR count). The van der Waals surface area contributed by atoms with Crippen molar-refractivity contribution in [2.24, 2.45) is 0 Å². The molecular weight excluding hydrogens is 774 g/mol. The number of nitrogens with one attached hydrogen (secondary N) is 2. The molecule has 0 aliphatic carbocycles. The number of benzene rings is 4. The van der Waals surface area contributed by atoms with Crippen LogP contribution in [0.5, 0.6) is 0 Å². The van der Waals surface area contributed by atoms with Gasteiger partial charge in [0.25, 0.3) is 0 Å². The number of halogens is 4. The monoisotopic (exact) mass is 820 g/mol. The molecule has 2 heterocycles. The molecule has 0 radical (unpaired) electrons. The van der Waals surface area contributed by atoms with Gasteiger partial charge < -0.3 is 19.3 Å². The van der Waals surface area contributed by atoms with Crippen molar-refractivity contribution in [2.75, 3.05) is 66.7 Å². The highest BCUT2D eigenvalue weighted by Gasteiger charge is 2.28. The van der Waals surface area contributed by atoms with Crippen molar-refractivity contribution in [3.05, 3.63) is 126 Å². The largest absolute Gasteiger partial charge is 0.378 e. The Hall–Kier alpha value is -1.50. The summed E-state index contributed by atoms with van der Waals surface area (Å²) in [4.78, 5) is 6.94. The first kappa shape index (κ1) is 41.7. The van der Waals surface area contributed by atoms with Crippen molar-refractivity contribution in [1.82, 2.24) is 19.2 Å². The third kappa shape index (κ3) is 11.5. The summed E-state index contributed by atoms with van der Waals surface area (Å²) in [6.45, 7) is 11.3. The highest BCUT2D eigenvalue weighted by molar-refractivity contribution is 7.97. The van der Waals surface area contributed by atoms with Crippen molar-refractivity contribution in [1.29, 1.82) is 0 Å². The zero-order valence-electron chi connectivity index (χ0n) is 30.2. The topological polar surface area (TPSA) is 49.0 Å². The number of nitrogens with zero attached hydrogens (tertiary/aromatic N) is 2. The molecule has 2 atom stereocenters. The Morgan fingerprint density at radius 3 is 1.46 bits per heavy atom. The molecule has 4 aromatic carbocycles. The summed E-state index contributed by atoms with van der Waals surface area (Å²) in [6, 6.07) is 25.2. The van der Waals surface area contributed by atoms with E-state index < -0.39 is 0 Å². The summed E-state index contributed by atoms with van der Waals surface area (Å²) in [6.07, 6.45) is 0. The molecule has 4 aromatic rings. The molecule has 2 aliphatic rings. The van der Waals surface area contributed by atoms with Gasteiger partial charge in [-0.2, -0.15) is 0 Å². The molecule has 2 aliphatic heterocycles. The van der Waals surface area contributed by atoms with Crippen LogP contribution in [0.2, 0.25) is 20.1 Å². The van der Waals surface area contributed by atoms with Crippen molar-refractivity contribution in [3.8, 4) is 0 Å². The fraction of sp³-hybridized carbons (Fsp3) is 0.400. The van der Waals surface area contributed by atoms with E-state index in [1.54, 1.807) is 23.9 Å². The third-order valence-electron chi connectivity index (χ3n) is 8.95. The zero-order valence-corrected chi connectivity index (χ0v) is 34.8. The van der Waals surface area contributed by atoms with E-state index in [0.717, 1.165) is 70.2 Å². The molecule has 0 fully saturated rings. The molecular formula is C40H48Cl4N4O2S2. The molecule has 12 heteroatoms. The second-order valence-electron chi connectivity index (χ2n) is 12.8. The summed E-state index contributed by atoms with van der Waals surface area (Å²) in [5, 5.41) is 2.84. The maximum Gasteiger partial charge on any atom is 0.0701 e. The molecule has 0 bridgehead atoms. The minimum atomic E-state index is 0.220. The maximum atomic E-state index is 6.57. The molecule has 52 heavy (non-hydrogen) atoms. The van der Waals surface area contributed by atoms with E-state index in [4.69, 9.17) is 55.9 Å². The predicted molar refractivity (Wildman–Crippen MR) is 223 cm³/mol. The number of fused-ring (bicyclic) bond motifs is 2. The van der Waals surface area contributed by atoms with E-state index in [0.29, 0.717) is 36.5 Å². The average molecular weight is 823 g/mol. The molecule has 0 amide bonds. The van der Waals surface area contributed by atoms with Gasteiger partial charge >= 0.3 is 0 Å². The molecule has 2 N–H and O–H groups in total. The Labute approximate surface area is 338 Å². The van der Waals surface area contributed by atoms with Crippen molar-refractivity contribution < 1.29 is 9.47 Å². The Morgan fingerprint density at radius 2 is 1.04 bits per heavy atom. The number of likely N-dealkylation sites (N-methyl/N-ethyl adjacent to an activating group) is 2. The normalized spacial score (nSPS) is 17.3. The summed E-state index contributed by atoms with van der Waals surface area (Å²) >= 11 is 29.1. The van der Waals surface area contributed by atoms with Crippen LogP contribution in [0, 0.1) is 0 Å². The first-order valence-electron chi connectivity index (χ1n) is 17.7. The van der Waals surface area contributed by atoms with Gasteiger partial charge in [-0.15, -0.1) is 0 Å². The van der Waals surface area contributed by atoms with Gasteiger partial charge in [0.1, 0.15) is 0 Å². The average Bonchev–Trinajstić information content (AvgIpc) is 3.13. The van der Waals surface area contributed by atoms with Gasteiger partial charge in [0.15, 0.2) is 0 Å². The second kappa shape index (κ2) is 21.0. The smallest absolute Gasteiger partial charge is 0.0701 e.